The standard InChI is InChI=1S/C20H12ClF4N3O2/c1-30-19(29)14-4-2-3-12(17(14)22)9-28-10-15(18(27-28)20(23,24)25)11-5-6-16(21)13(7-11)8-26/h2-7,10H,9H2,1H3. The highest BCUT2D eigenvalue weighted by Crippen LogP contribution is 2.37. The molecule has 154 valence electrons. The predicted molar refractivity (Wildman–Crippen MR) is 99.2 cm³/mol. The maximum atomic E-state index is 14.6. The third-order valence-corrected chi connectivity index (χ3v) is 4.57. The van der Waals surface area contributed by atoms with Gasteiger partial charge in [-0.1, -0.05) is 29.8 Å². The average molecular weight is 438 g/mol. The molecule has 1 aromatic heterocycles. The van der Waals surface area contributed by atoms with Crippen LogP contribution in [-0.2, 0) is 17.5 Å². The summed E-state index contributed by atoms with van der Waals surface area (Å²) in [6, 6.07) is 9.59. The highest BCUT2D eigenvalue weighted by molar-refractivity contribution is 6.31. The first kappa shape index (κ1) is 21.3. The van der Waals surface area contributed by atoms with E-state index in [1.54, 1.807) is 6.07 Å². The zero-order valence-electron chi connectivity index (χ0n) is 15.3. The molecule has 0 saturated carbocycles. The molecule has 0 bridgehead atoms. The largest absolute Gasteiger partial charge is 0.465 e. The van der Waals surface area contributed by atoms with Gasteiger partial charge in [-0.25, -0.2) is 9.18 Å². The van der Waals surface area contributed by atoms with E-state index in [1.165, 1.54) is 36.4 Å². The molecule has 0 saturated heterocycles. The Morgan fingerprint density at radius 3 is 2.67 bits per heavy atom. The van der Waals surface area contributed by atoms with Gasteiger partial charge >= 0.3 is 12.1 Å². The number of benzene rings is 2. The molecular formula is C20H12ClF4N3O2. The maximum absolute atomic E-state index is 14.6. The highest BCUT2D eigenvalue weighted by atomic mass is 35.5. The van der Waals surface area contributed by atoms with Crippen LogP contribution in [0.15, 0.2) is 42.6 Å². The molecule has 0 atom stereocenters. The van der Waals surface area contributed by atoms with Crippen molar-refractivity contribution >= 4 is 17.6 Å². The number of hydrogen-bond donors (Lipinski definition) is 0. The topological polar surface area (TPSA) is 67.9 Å². The third kappa shape index (κ3) is 4.14. The lowest BCUT2D eigenvalue weighted by atomic mass is 10.0. The summed E-state index contributed by atoms with van der Waals surface area (Å²) in [6.07, 6.45) is -3.70. The molecular weight excluding hydrogens is 426 g/mol. The molecule has 0 radical (unpaired) electrons. The first-order chi connectivity index (χ1) is 14.2. The molecule has 3 aromatic rings. The Kier molecular flexibility index (Phi) is 5.80. The Bertz CT molecular complexity index is 1170. The first-order valence-corrected chi connectivity index (χ1v) is 8.74. The maximum Gasteiger partial charge on any atom is 0.435 e. The van der Waals surface area contributed by atoms with Gasteiger partial charge < -0.3 is 4.74 Å². The van der Waals surface area contributed by atoms with Gasteiger partial charge in [0, 0.05) is 17.3 Å². The summed E-state index contributed by atoms with van der Waals surface area (Å²) in [4.78, 5) is 11.6. The van der Waals surface area contributed by atoms with Crippen molar-refractivity contribution in [2.45, 2.75) is 12.7 Å². The van der Waals surface area contributed by atoms with E-state index in [2.05, 4.69) is 9.84 Å². The van der Waals surface area contributed by atoms with Crippen molar-refractivity contribution < 1.29 is 27.1 Å². The van der Waals surface area contributed by atoms with Crippen LogP contribution in [0.5, 0.6) is 0 Å². The molecule has 0 spiro atoms. The van der Waals surface area contributed by atoms with E-state index in [4.69, 9.17) is 16.9 Å². The Morgan fingerprint density at radius 2 is 2.03 bits per heavy atom. The second-order valence-electron chi connectivity index (χ2n) is 6.16. The van der Waals surface area contributed by atoms with Crippen LogP contribution in [0.25, 0.3) is 11.1 Å². The van der Waals surface area contributed by atoms with Crippen molar-refractivity contribution in [3.63, 3.8) is 0 Å². The van der Waals surface area contributed by atoms with Gasteiger partial charge in [0.1, 0.15) is 11.9 Å². The number of halogens is 5. The van der Waals surface area contributed by atoms with Crippen LogP contribution in [0, 0.1) is 17.1 Å². The Morgan fingerprint density at radius 1 is 1.30 bits per heavy atom. The monoisotopic (exact) mass is 437 g/mol. The lowest BCUT2D eigenvalue weighted by Gasteiger charge is -2.07. The minimum Gasteiger partial charge on any atom is -0.465 e. The molecule has 0 aliphatic rings. The molecule has 2 aromatic carbocycles. The molecule has 1 heterocycles. The number of carbonyl (C=O) groups is 1. The lowest BCUT2D eigenvalue weighted by molar-refractivity contribution is -0.141. The van der Waals surface area contributed by atoms with Gasteiger partial charge in [-0.05, 0) is 23.8 Å². The van der Waals surface area contributed by atoms with E-state index in [0.29, 0.717) is 0 Å². The zero-order valence-corrected chi connectivity index (χ0v) is 16.1. The van der Waals surface area contributed by atoms with Crippen LogP contribution in [0.3, 0.4) is 0 Å². The van der Waals surface area contributed by atoms with Gasteiger partial charge in [-0.15, -0.1) is 0 Å². The number of aromatic nitrogens is 2. The van der Waals surface area contributed by atoms with Gasteiger partial charge in [0.2, 0.25) is 0 Å². The van der Waals surface area contributed by atoms with Crippen molar-refractivity contribution in [1.82, 2.24) is 9.78 Å². The van der Waals surface area contributed by atoms with Crippen molar-refractivity contribution in [3.05, 3.63) is 75.8 Å². The number of rotatable bonds is 4. The normalized spacial score (nSPS) is 11.2. The summed E-state index contributed by atoms with van der Waals surface area (Å²) >= 11 is 5.85. The SMILES string of the molecule is COC(=O)c1cccc(Cn2cc(-c3ccc(Cl)c(C#N)c3)c(C(F)(F)F)n2)c1F. The smallest absolute Gasteiger partial charge is 0.435 e. The van der Waals surface area contributed by atoms with Gasteiger partial charge in [-0.3, -0.25) is 4.68 Å². The van der Waals surface area contributed by atoms with E-state index >= 15 is 0 Å². The fraction of sp³-hybridized carbons (Fsp3) is 0.150. The van der Waals surface area contributed by atoms with Crippen LogP contribution in [0.2, 0.25) is 5.02 Å². The zero-order chi connectivity index (χ0) is 22.1. The Balaban J connectivity index is 2.07. The molecule has 30 heavy (non-hydrogen) atoms. The van der Waals surface area contributed by atoms with Gasteiger partial charge in [-0.2, -0.15) is 23.5 Å². The highest BCUT2D eigenvalue weighted by Gasteiger charge is 2.37. The summed E-state index contributed by atoms with van der Waals surface area (Å²) in [5.74, 6) is -1.81. The van der Waals surface area contributed by atoms with E-state index < -0.39 is 23.7 Å². The molecule has 0 unspecified atom stereocenters. The second-order valence-corrected chi connectivity index (χ2v) is 6.57. The van der Waals surface area contributed by atoms with Crippen molar-refractivity contribution in [2.24, 2.45) is 0 Å². The third-order valence-electron chi connectivity index (χ3n) is 4.24. The summed E-state index contributed by atoms with van der Waals surface area (Å²) in [5.41, 5.74) is -1.78. The minimum atomic E-state index is -4.79. The number of nitriles is 1. The Hall–Kier alpha value is -3.38. The quantitative estimate of drug-likeness (QED) is 0.422. The Labute approximate surface area is 173 Å². The van der Waals surface area contributed by atoms with Gasteiger partial charge in [0.05, 0.1) is 29.8 Å². The van der Waals surface area contributed by atoms with Crippen molar-refractivity contribution in [3.8, 4) is 17.2 Å². The molecule has 0 N–H and O–H groups in total. The second kappa shape index (κ2) is 8.16. The summed E-state index contributed by atoms with van der Waals surface area (Å²) in [5, 5.41) is 12.7. The van der Waals surface area contributed by atoms with E-state index in [-0.39, 0.29) is 39.4 Å². The molecule has 0 aliphatic heterocycles. The number of methoxy groups -OCH3 is 1. The van der Waals surface area contributed by atoms with Crippen LogP contribution in [0.4, 0.5) is 17.6 Å². The van der Waals surface area contributed by atoms with Crippen LogP contribution in [-0.4, -0.2) is 22.9 Å². The number of ether oxygens (including phenoxy) is 1. The molecule has 0 fully saturated rings. The van der Waals surface area contributed by atoms with Gasteiger partial charge in [0.25, 0.3) is 0 Å². The minimum absolute atomic E-state index is 0.00636. The van der Waals surface area contributed by atoms with E-state index in [0.717, 1.165) is 18.0 Å². The fourth-order valence-corrected chi connectivity index (χ4v) is 3.01. The molecule has 0 aliphatic carbocycles. The van der Waals surface area contributed by atoms with Crippen LogP contribution >= 0.6 is 11.6 Å². The molecule has 10 heteroatoms. The summed E-state index contributed by atoms with van der Waals surface area (Å²) in [6.45, 7) is -0.363. The number of carbonyl (C=O) groups excluding carboxylic acids is 1. The molecule has 0 amide bonds. The average Bonchev–Trinajstić information content (AvgIpc) is 3.14. The number of esters is 1. The first-order valence-electron chi connectivity index (χ1n) is 8.36. The lowest BCUT2D eigenvalue weighted by Crippen LogP contribution is -2.11. The van der Waals surface area contributed by atoms with E-state index in [1.807, 2.05) is 0 Å². The molecule has 5 nitrogen and oxygen atoms in total. The van der Waals surface area contributed by atoms with Crippen LogP contribution in [0.1, 0.15) is 27.2 Å². The molecule has 3 rings (SSSR count). The summed E-state index contributed by atoms with van der Waals surface area (Å²) < 4.78 is 60.6. The van der Waals surface area contributed by atoms with Crippen molar-refractivity contribution in [1.29, 1.82) is 5.26 Å². The van der Waals surface area contributed by atoms with Gasteiger partial charge in [0.15, 0.2) is 5.69 Å². The number of alkyl halides is 3. The fourth-order valence-electron chi connectivity index (χ4n) is 2.85. The number of hydrogen-bond acceptors (Lipinski definition) is 4. The predicted octanol–water partition coefficient (Wildman–Crippen LogP) is 5.07. The van der Waals surface area contributed by atoms with Crippen molar-refractivity contribution in [2.75, 3.05) is 7.11 Å². The van der Waals surface area contributed by atoms with Crippen LogP contribution < -0.4 is 0 Å². The summed E-state index contributed by atoms with van der Waals surface area (Å²) in [7, 11) is 1.09. The number of nitrogens with zero attached hydrogens (tertiary/aromatic N) is 3. The van der Waals surface area contributed by atoms with E-state index in [9.17, 15) is 22.4 Å².